The van der Waals surface area contributed by atoms with Gasteiger partial charge in [-0.3, -0.25) is 14.9 Å². The van der Waals surface area contributed by atoms with Gasteiger partial charge in [-0.25, -0.2) is 0 Å². The topological polar surface area (TPSA) is 93.2 Å². The Kier molecular flexibility index (Phi) is 5.60. The number of esters is 1. The quantitative estimate of drug-likeness (QED) is 0.337. The third-order valence-corrected chi connectivity index (χ3v) is 5.09. The number of nitrogens with zero attached hydrogens (tertiary/aromatic N) is 2. The predicted molar refractivity (Wildman–Crippen MR) is 109 cm³/mol. The van der Waals surface area contributed by atoms with Gasteiger partial charge in [0, 0.05) is 17.5 Å². The molecule has 0 amide bonds. The summed E-state index contributed by atoms with van der Waals surface area (Å²) >= 11 is 0. The molecule has 3 aromatic carbocycles. The van der Waals surface area contributed by atoms with Crippen molar-refractivity contribution in [3.8, 4) is 6.07 Å². The van der Waals surface area contributed by atoms with Gasteiger partial charge in [0.05, 0.1) is 17.6 Å². The summed E-state index contributed by atoms with van der Waals surface area (Å²) in [5, 5.41) is 23.5. The van der Waals surface area contributed by atoms with Crippen LogP contribution >= 0.6 is 0 Å². The molecule has 0 heterocycles. The Hall–Kier alpha value is -3.72. The molecule has 0 saturated heterocycles. The second-order valence-electron chi connectivity index (χ2n) is 6.85. The summed E-state index contributed by atoms with van der Waals surface area (Å²) in [4.78, 5) is 24.1. The molecule has 0 aliphatic rings. The third kappa shape index (κ3) is 3.55. The number of carbonyl (C=O) groups is 1. The van der Waals surface area contributed by atoms with Crippen LogP contribution in [0, 0.1) is 26.9 Å². The minimum atomic E-state index is -1.66. The summed E-state index contributed by atoms with van der Waals surface area (Å²) in [5.41, 5.74) is -0.844. The van der Waals surface area contributed by atoms with Crippen LogP contribution in [0.25, 0.3) is 10.8 Å². The molecule has 0 aliphatic heterocycles. The second kappa shape index (κ2) is 8.11. The van der Waals surface area contributed by atoms with Crippen LogP contribution < -0.4 is 0 Å². The lowest BCUT2D eigenvalue weighted by Crippen LogP contribution is -2.36. The molecule has 29 heavy (non-hydrogen) atoms. The highest BCUT2D eigenvalue weighted by atomic mass is 16.6. The largest absolute Gasteiger partial charge is 0.465 e. The van der Waals surface area contributed by atoms with E-state index in [0.717, 1.165) is 10.8 Å². The fourth-order valence-corrected chi connectivity index (χ4v) is 3.70. The summed E-state index contributed by atoms with van der Waals surface area (Å²) in [7, 11) is 0. The van der Waals surface area contributed by atoms with E-state index in [2.05, 4.69) is 6.07 Å². The molecule has 0 fully saturated rings. The first-order valence-corrected chi connectivity index (χ1v) is 9.23. The van der Waals surface area contributed by atoms with Crippen molar-refractivity contribution in [2.45, 2.75) is 19.8 Å². The van der Waals surface area contributed by atoms with Gasteiger partial charge < -0.3 is 4.74 Å². The van der Waals surface area contributed by atoms with Crippen LogP contribution in [-0.4, -0.2) is 17.5 Å². The van der Waals surface area contributed by atoms with Crippen molar-refractivity contribution in [3.63, 3.8) is 0 Å². The fraction of sp³-hybridized carbons (Fsp3) is 0.217. The van der Waals surface area contributed by atoms with E-state index in [0.29, 0.717) is 11.1 Å². The molecule has 0 saturated carbocycles. The van der Waals surface area contributed by atoms with E-state index in [4.69, 9.17) is 4.74 Å². The number of fused-ring (bicyclic) bond motifs is 1. The van der Waals surface area contributed by atoms with Gasteiger partial charge in [-0.05, 0) is 30.2 Å². The standard InChI is InChI=1S/C23H20N2O4/c1-3-29-22(26)23(2,15-24)21(19-12-6-7-14-20(19)25(27)28)18-13-8-10-16-9-4-5-11-17(16)18/h4-14,21H,3H2,1-2H3. The zero-order valence-corrected chi connectivity index (χ0v) is 16.2. The second-order valence-corrected chi connectivity index (χ2v) is 6.85. The Morgan fingerprint density at radius 1 is 1.10 bits per heavy atom. The predicted octanol–water partition coefficient (Wildman–Crippen LogP) is 4.97. The Balaban J connectivity index is 2.39. The van der Waals surface area contributed by atoms with Crippen molar-refractivity contribution >= 4 is 22.4 Å². The van der Waals surface area contributed by atoms with Gasteiger partial charge >= 0.3 is 5.97 Å². The average Bonchev–Trinajstić information content (AvgIpc) is 2.74. The van der Waals surface area contributed by atoms with E-state index < -0.39 is 22.2 Å². The van der Waals surface area contributed by atoms with Crippen LogP contribution in [0.3, 0.4) is 0 Å². The lowest BCUT2D eigenvalue weighted by atomic mass is 9.69. The minimum absolute atomic E-state index is 0.106. The Morgan fingerprint density at radius 3 is 2.41 bits per heavy atom. The number of nitro groups is 1. The SMILES string of the molecule is CCOC(=O)C(C)(C#N)C(c1ccccc1[N+](=O)[O-])c1cccc2ccccc12. The maximum Gasteiger partial charge on any atom is 0.327 e. The zero-order chi connectivity index (χ0) is 21.0. The summed E-state index contributed by atoms with van der Waals surface area (Å²) in [5.74, 6) is -1.60. The number of para-hydroxylation sites is 1. The van der Waals surface area contributed by atoms with E-state index in [1.807, 2.05) is 36.4 Å². The Labute approximate surface area is 168 Å². The van der Waals surface area contributed by atoms with Crippen molar-refractivity contribution in [1.82, 2.24) is 0 Å². The first-order valence-electron chi connectivity index (χ1n) is 9.23. The molecule has 0 N–H and O–H groups in total. The number of nitriles is 1. The number of rotatable bonds is 6. The van der Waals surface area contributed by atoms with Gasteiger partial charge in [-0.15, -0.1) is 0 Å². The number of nitro benzene ring substituents is 1. The molecule has 0 aliphatic carbocycles. The summed E-state index contributed by atoms with van der Waals surface area (Å²) in [6.45, 7) is 3.25. The molecule has 6 heteroatoms. The lowest BCUT2D eigenvalue weighted by molar-refractivity contribution is -0.385. The highest BCUT2D eigenvalue weighted by Crippen LogP contribution is 2.46. The van der Waals surface area contributed by atoms with Gasteiger partial charge in [0.1, 0.15) is 0 Å². The van der Waals surface area contributed by atoms with E-state index in [1.165, 1.54) is 13.0 Å². The van der Waals surface area contributed by atoms with E-state index in [1.54, 1.807) is 31.2 Å². The maximum atomic E-state index is 12.9. The zero-order valence-electron chi connectivity index (χ0n) is 16.2. The first kappa shape index (κ1) is 20.0. The Morgan fingerprint density at radius 2 is 1.72 bits per heavy atom. The van der Waals surface area contributed by atoms with Crippen molar-refractivity contribution in [2.75, 3.05) is 6.61 Å². The van der Waals surface area contributed by atoms with Crippen LogP contribution in [0.15, 0.2) is 66.7 Å². The van der Waals surface area contributed by atoms with Crippen molar-refractivity contribution < 1.29 is 14.5 Å². The van der Waals surface area contributed by atoms with Gasteiger partial charge in [-0.1, -0.05) is 60.7 Å². The van der Waals surface area contributed by atoms with Crippen molar-refractivity contribution in [3.05, 3.63) is 88.0 Å². The molecule has 3 rings (SSSR count). The van der Waals surface area contributed by atoms with E-state index >= 15 is 0 Å². The highest BCUT2D eigenvalue weighted by Gasteiger charge is 2.47. The van der Waals surface area contributed by atoms with Crippen LogP contribution in [0.2, 0.25) is 0 Å². The lowest BCUT2D eigenvalue weighted by Gasteiger charge is -2.31. The highest BCUT2D eigenvalue weighted by molar-refractivity contribution is 5.89. The minimum Gasteiger partial charge on any atom is -0.465 e. The molecule has 146 valence electrons. The molecule has 6 nitrogen and oxygen atoms in total. The first-order chi connectivity index (χ1) is 13.9. The van der Waals surface area contributed by atoms with Crippen LogP contribution in [-0.2, 0) is 9.53 Å². The number of carbonyl (C=O) groups excluding carboxylic acids is 1. The average molecular weight is 388 g/mol. The molecule has 0 spiro atoms. The fourth-order valence-electron chi connectivity index (χ4n) is 3.70. The van der Waals surface area contributed by atoms with Gasteiger partial charge in [0.25, 0.3) is 5.69 Å². The maximum absolute atomic E-state index is 12.9. The molecule has 0 radical (unpaired) electrons. The van der Waals surface area contributed by atoms with Crippen LogP contribution in [0.5, 0.6) is 0 Å². The molecule has 2 unspecified atom stereocenters. The summed E-state index contributed by atoms with van der Waals surface area (Å²) in [6.07, 6.45) is 0. The molecule has 3 aromatic rings. The van der Waals surface area contributed by atoms with E-state index in [-0.39, 0.29) is 12.3 Å². The molecule has 2 atom stereocenters. The summed E-state index contributed by atoms with van der Waals surface area (Å²) in [6, 6.07) is 21.4. The molecule has 0 bridgehead atoms. The van der Waals surface area contributed by atoms with Gasteiger partial charge in [0.15, 0.2) is 5.41 Å². The molecular weight excluding hydrogens is 368 g/mol. The van der Waals surface area contributed by atoms with Gasteiger partial charge in [-0.2, -0.15) is 5.26 Å². The molecular formula is C23H20N2O4. The monoisotopic (exact) mass is 388 g/mol. The third-order valence-electron chi connectivity index (χ3n) is 5.09. The number of benzene rings is 3. The van der Waals surface area contributed by atoms with E-state index in [9.17, 15) is 20.2 Å². The number of hydrogen-bond acceptors (Lipinski definition) is 5. The smallest absolute Gasteiger partial charge is 0.327 e. The Bertz CT molecular complexity index is 1110. The van der Waals surface area contributed by atoms with Crippen LogP contribution in [0.1, 0.15) is 30.9 Å². The van der Waals surface area contributed by atoms with Crippen molar-refractivity contribution in [2.24, 2.45) is 5.41 Å². The molecule has 0 aromatic heterocycles. The van der Waals surface area contributed by atoms with Gasteiger partial charge in [0.2, 0.25) is 0 Å². The number of hydrogen-bond donors (Lipinski definition) is 0. The van der Waals surface area contributed by atoms with Crippen molar-refractivity contribution in [1.29, 1.82) is 5.26 Å². The van der Waals surface area contributed by atoms with Crippen LogP contribution in [0.4, 0.5) is 5.69 Å². The normalized spacial score (nSPS) is 13.8. The number of ether oxygens (including phenoxy) is 1. The summed E-state index contributed by atoms with van der Waals surface area (Å²) < 4.78 is 5.20.